The summed E-state index contributed by atoms with van der Waals surface area (Å²) < 4.78 is 1.96. The molecule has 3 nitrogen and oxygen atoms in total. The molecule has 0 fully saturated rings. The molecule has 0 spiro atoms. The van der Waals surface area contributed by atoms with E-state index in [4.69, 9.17) is 0 Å². The highest BCUT2D eigenvalue weighted by Crippen LogP contribution is 2.03. The van der Waals surface area contributed by atoms with E-state index in [9.17, 15) is 0 Å². The Labute approximate surface area is 97.7 Å². The normalized spacial score (nSPS) is 10.8. The molecule has 0 bridgehead atoms. The van der Waals surface area contributed by atoms with Crippen LogP contribution in [0.15, 0.2) is 6.20 Å². The summed E-state index contributed by atoms with van der Waals surface area (Å²) in [5.74, 6) is 0.963. The predicted molar refractivity (Wildman–Crippen MR) is 66.3 cm³/mol. The molecule has 0 aliphatic heterocycles. The van der Waals surface area contributed by atoms with Crippen LogP contribution in [0.25, 0.3) is 0 Å². The monoisotopic (exact) mass is 227 g/mol. The van der Waals surface area contributed by atoms with Crippen molar-refractivity contribution in [3.05, 3.63) is 11.9 Å². The van der Waals surface area contributed by atoms with Crippen molar-refractivity contribution in [2.45, 2.75) is 52.0 Å². The van der Waals surface area contributed by atoms with Crippen molar-refractivity contribution in [1.82, 2.24) is 15.0 Å². The summed E-state index contributed by atoms with van der Waals surface area (Å²) in [5, 5.41) is 8.27. The van der Waals surface area contributed by atoms with Gasteiger partial charge in [-0.05, 0) is 31.4 Å². The van der Waals surface area contributed by atoms with Gasteiger partial charge in [0.05, 0.1) is 5.69 Å². The van der Waals surface area contributed by atoms with Crippen molar-refractivity contribution in [1.29, 1.82) is 0 Å². The Morgan fingerprint density at radius 2 is 2.13 bits per heavy atom. The molecule has 0 N–H and O–H groups in total. The van der Waals surface area contributed by atoms with Gasteiger partial charge in [0.2, 0.25) is 0 Å². The molecule has 0 aromatic carbocycles. The fourth-order valence-electron chi connectivity index (χ4n) is 1.50. The minimum Gasteiger partial charge on any atom is -0.252 e. The largest absolute Gasteiger partial charge is 0.252 e. The maximum absolute atomic E-state index is 4.19. The lowest BCUT2D eigenvalue weighted by Gasteiger charge is -1.97. The van der Waals surface area contributed by atoms with Crippen LogP contribution in [0, 0.1) is 0 Å². The van der Waals surface area contributed by atoms with Crippen molar-refractivity contribution in [3.8, 4) is 0 Å². The van der Waals surface area contributed by atoms with E-state index in [1.165, 1.54) is 19.3 Å². The third kappa shape index (κ3) is 5.21. The summed E-state index contributed by atoms with van der Waals surface area (Å²) in [6, 6.07) is 0. The second-order valence-corrected chi connectivity index (χ2v) is 4.31. The smallest absolute Gasteiger partial charge is 0.0827 e. The summed E-state index contributed by atoms with van der Waals surface area (Å²) in [5.41, 5.74) is 1.12. The predicted octanol–water partition coefficient (Wildman–Crippen LogP) is 2.72. The molecule has 0 amide bonds. The zero-order chi connectivity index (χ0) is 10.9. The highest BCUT2D eigenvalue weighted by molar-refractivity contribution is 7.80. The van der Waals surface area contributed by atoms with Crippen LogP contribution in [0.2, 0.25) is 0 Å². The average Bonchev–Trinajstić information content (AvgIpc) is 2.67. The molecular weight excluding hydrogens is 206 g/mol. The molecule has 1 heterocycles. The Morgan fingerprint density at radius 3 is 2.87 bits per heavy atom. The first-order valence-electron chi connectivity index (χ1n) is 5.86. The first kappa shape index (κ1) is 12.6. The van der Waals surface area contributed by atoms with Gasteiger partial charge >= 0.3 is 0 Å². The molecular formula is C11H21N3S. The Bertz CT molecular complexity index is 236. The van der Waals surface area contributed by atoms with Crippen molar-refractivity contribution >= 4 is 12.6 Å². The molecule has 1 rings (SSSR count). The first-order chi connectivity index (χ1) is 7.36. The zero-order valence-corrected chi connectivity index (χ0v) is 10.4. The van der Waals surface area contributed by atoms with Gasteiger partial charge in [-0.3, -0.25) is 4.68 Å². The molecule has 1 aromatic rings. The van der Waals surface area contributed by atoms with Gasteiger partial charge < -0.3 is 0 Å². The molecule has 0 atom stereocenters. The van der Waals surface area contributed by atoms with Crippen LogP contribution in [0.5, 0.6) is 0 Å². The minimum absolute atomic E-state index is 0.963. The number of rotatable bonds is 8. The zero-order valence-electron chi connectivity index (χ0n) is 9.52. The highest BCUT2D eigenvalue weighted by atomic mass is 32.1. The van der Waals surface area contributed by atoms with Gasteiger partial charge in [-0.1, -0.05) is 25.0 Å². The number of thiol groups is 1. The number of aromatic nitrogens is 3. The van der Waals surface area contributed by atoms with Crippen LogP contribution in [0.1, 0.15) is 44.7 Å². The lowest BCUT2D eigenvalue weighted by molar-refractivity contribution is 0.537. The van der Waals surface area contributed by atoms with Crippen LogP contribution in [0.4, 0.5) is 0 Å². The number of nitrogens with zero attached hydrogens (tertiary/aromatic N) is 3. The van der Waals surface area contributed by atoms with Gasteiger partial charge in [0.1, 0.15) is 0 Å². The SMILES string of the molecule is CCCCCn1cc(CCCCS)nn1. The number of hydrogen-bond donors (Lipinski definition) is 1. The van der Waals surface area contributed by atoms with E-state index < -0.39 is 0 Å². The fraction of sp³-hybridized carbons (Fsp3) is 0.818. The quantitative estimate of drug-likeness (QED) is 0.547. The van der Waals surface area contributed by atoms with E-state index in [1.807, 2.05) is 4.68 Å². The maximum atomic E-state index is 4.19. The van der Waals surface area contributed by atoms with Gasteiger partial charge in [-0.25, -0.2) is 0 Å². The second kappa shape index (κ2) is 7.74. The summed E-state index contributed by atoms with van der Waals surface area (Å²) >= 11 is 4.19. The van der Waals surface area contributed by atoms with Crippen LogP contribution >= 0.6 is 12.6 Å². The van der Waals surface area contributed by atoms with Crippen LogP contribution in [-0.2, 0) is 13.0 Å². The molecule has 0 unspecified atom stereocenters. The van der Waals surface area contributed by atoms with E-state index in [0.29, 0.717) is 0 Å². The maximum Gasteiger partial charge on any atom is 0.0827 e. The molecule has 0 aliphatic carbocycles. The van der Waals surface area contributed by atoms with Gasteiger partial charge in [-0.2, -0.15) is 12.6 Å². The standard InChI is InChI=1S/C11H21N3S/c1-2-3-5-8-14-10-11(12-13-14)7-4-6-9-15/h10,15H,2-9H2,1H3. The molecule has 15 heavy (non-hydrogen) atoms. The van der Waals surface area contributed by atoms with Crippen molar-refractivity contribution in [2.24, 2.45) is 0 Å². The van der Waals surface area contributed by atoms with E-state index >= 15 is 0 Å². The second-order valence-electron chi connectivity index (χ2n) is 3.86. The Balaban J connectivity index is 2.23. The molecule has 0 saturated carbocycles. The van der Waals surface area contributed by atoms with Gasteiger partial charge in [-0.15, -0.1) is 5.10 Å². The lowest BCUT2D eigenvalue weighted by Crippen LogP contribution is -1.98. The molecule has 0 radical (unpaired) electrons. The Kier molecular flexibility index (Phi) is 6.48. The van der Waals surface area contributed by atoms with Gasteiger partial charge in [0, 0.05) is 12.7 Å². The molecule has 1 aromatic heterocycles. The summed E-state index contributed by atoms with van der Waals surface area (Å²) in [7, 11) is 0. The first-order valence-corrected chi connectivity index (χ1v) is 6.50. The van der Waals surface area contributed by atoms with E-state index in [2.05, 4.69) is 36.1 Å². The topological polar surface area (TPSA) is 30.7 Å². The van der Waals surface area contributed by atoms with E-state index in [1.54, 1.807) is 0 Å². The van der Waals surface area contributed by atoms with Crippen LogP contribution in [-0.4, -0.2) is 20.7 Å². The molecule has 86 valence electrons. The highest BCUT2D eigenvalue weighted by Gasteiger charge is 1.99. The summed E-state index contributed by atoms with van der Waals surface area (Å²) in [4.78, 5) is 0. The Hall–Kier alpha value is -0.510. The molecule has 0 aliphatic rings. The third-order valence-electron chi connectivity index (χ3n) is 2.42. The van der Waals surface area contributed by atoms with Crippen molar-refractivity contribution < 1.29 is 0 Å². The van der Waals surface area contributed by atoms with Crippen LogP contribution in [0.3, 0.4) is 0 Å². The number of aryl methyl sites for hydroxylation is 2. The van der Waals surface area contributed by atoms with Gasteiger partial charge in [0.15, 0.2) is 0 Å². The fourth-order valence-corrected chi connectivity index (χ4v) is 1.73. The number of unbranched alkanes of at least 4 members (excludes halogenated alkanes) is 3. The summed E-state index contributed by atoms with van der Waals surface area (Å²) in [6.45, 7) is 3.22. The van der Waals surface area contributed by atoms with E-state index in [0.717, 1.165) is 37.3 Å². The molecule has 4 heteroatoms. The molecule has 0 saturated heterocycles. The van der Waals surface area contributed by atoms with Crippen molar-refractivity contribution in [3.63, 3.8) is 0 Å². The third-order valence-corrected chi connectivity index (χ3v) is 2.73. The minimum atomic E-state index is 0.963. The van der Waals surface area contributed by atoms with E-state index in [-0.39, 0.29) is 0 Å². The summed E-state index contributed by atoms with van der Waals surface area (Å²) in [6.07, 6.45) is 9.17. The number of hydrogen-bond acceptors (Lipinski definition) is 3. The van der Waals surface area contributed by atoms with Crippen LogP contribution < -0.4 is 0 Å². The van der Waals surface area contributed by atoms with Gasteiger partial charge in [0.25, 0.3) is 0 Å². The van der Waals surface area contributed by atoms with Crippen molar-refractivity contribution in [2.75, 3.05) is 5.75 Å². The average molecular weight is 227 g/mol. The Morgan fingerprint density at radius 1 is 1.27 bits per heavy atom. The lowest BCUT2D eigenvalue weighted by atomic mass is 10.2.